The molecule has 188 valence electrons. The minimum atomic E-state index is 1.17. The van der Waals surface area contributed by atoms with Gasteiger partial charge in [0.05, 0.1) is 26.7 Å². The van der Waals surface area contributed by atoms with E-state index in [2.05, 4.69) is 36.8 Å². The number of alkyl halides is 1. The molecular formula is C29H61BrN+. The Balaban J connectivity index is 3.81. The molecule has 0 aromatic carbocycles. The van der Waals surface area contributed by atoms with E-state index in [0.717, 1.165) is 0 Å². The Morgan fingerprint density at radius 2 is 0.645 bits per heavy atom. The molecule has 31 heavy (non-hydrogen) atoms. The van der Waals surface area contributed by atoms with Crippen LogP contribution in [-0.4, -0.2) is 36.5 Å². The van der Waals surface area contributed by atoms with E-state index in [4.69, 9.17) is 0 Å². The predicted molar refractivity (Wildman–Crippen MR) is 148 cm³/mol. The lowest BCUT2D eigenvalue weighted by molar-refractivity contribution is -0.910. The summed E-state index contributed by atoms with van der Waals surface area (Å²) in [5.41, 5.74) is 0. The van der Waals surface area contributed by atoms with E-state index in [1.807, 2.05) is 0 Å². The lowest BCUT2D eigenvalue weighted by atomic mass is 10.1. The smallest absolute Gasteiger partial charge is 0.0784 e. The maximum atomic E-state index is 3.63. The van der Waals surface area contributed by atoms with Crippen LogP contribution < -0.4 is 0 Å². The molecule has 0 unspecified atom stereocenters. The number of rotatable bonds is 26. The van der Waals surface area contributed by atoms with Crippen LogP contribution in [-0.2, 0) is 0 Å². The molecule has 0 radical (unpaired) electrons. The van der Waals surface area contributed by atoms with Gasteiger partial charge >= 0.3 is 0 Å². The molecule has 0 aliphatic heterocycles. The van der Waals surface area contributed by atoms with Crippen molar-refractivity contribution in [2.45, 2.75) is 155 Å². The third-order valence-electron chi connectivity index (χ3n) is 7.18. The molecule has 0 amide bonds. The molecule has 0 rings (SSSR count). The van der Waals surface area contributed by atoms with Gasteiger partial charge < -0.3 is 4.48 Å². The van der Waals surface area contributed by atoms with Crippen molar-refractivity contribution in [3.8, 4) is 0 Å². The standard InChI is InChI=1S/C29H61BrN/c1-4-6-8-10-12-14-16-18-20-23-27-31(3,29-25-22-26-30)28-24-21-19-17-15-13-11-9-7-5-2/h4-29H2,1-3H3/q+1. The van der Waals surface area contributed by atoms with Gasteiger partial charge in [0, 0.05) is 5.33 Å². The first-order valence-electron chi connectivity index (χ1n) is 14.6. The molecule has 0 bridgehead atoms. The van der Waals surface area contributed by atoms with Crippen molar-refractivity contribution in [1.82, 2.24) is 0 Å². The molecule has 0 heterocycles. The van der Waals surface area contributed by atoms with Gasteiger partial charge in [-0.1, -0.05) is 133 Å². The van der Waals surface area contributed by atoms with E-state index in [0.29, 0.717) is 0 Å². The molecule has 0 aliphatic carbocycles. The summed E-state index contributed by atoms with van der Waals surface area (Å²) >= 11 is 3.63. The monoisotopic (exact) mass is 502 g/mol. The Hall–Kier alpha value is 0.440. The average Bonchev–Trinajstić information content (AvgIpc) is 2.76. The number of halogens is 1. The van der Waals surface area contributed by atoms with Gasteiger partial charge in [-0.25, -0.2) is 0 Å². The quantitative estimate of drug-likeness (QED) is 0.0625. The third-order valence-corrected chi connectivity index (χ3v) is 7.75. The van der Waals surface area contributed by atoms with Gasteiger partial charge in [-0.3, -0.25) is 0 Å². The number of nitrogens with zero attached hydrogens (tertiary/aromatic N) is 1. The van der Waals surface area contributed by atoms with E-state index in [9.17, 15) is 0 Å². The zero-order valence-electron chi connectivity index (χ0n) is 22.2. The minimum absolute atomic E-state index is 1.17. The summed E-state index contributed by atoms with van der Waals surface area (Å²) in [6, 6.07) is 0. The molecule has 0 N–H and O–H groups in total. The average molecular weight is 504 g/mol. The minimum Gasteiger partial charge on any atom is -0.326 e. The third kappa shape index (κ3) is 23.4. The van der Waals surface area contributed by atoms with E-state index >= 15 is 0 Å². The van der Waals surface area contributed by atoms with Crippen molar-refractivity contribution in [2.24, 2.45) is 0 Å². The molecule has 0 spiro atoms. The van der Waals surface area contributed by atoms with Crippen LogP contribution in [0.15, 0.2) is 0 Å². The topological polar surface area (TPSA) is 0 Å². The van der Waals surface area contributed by atoms with Gasteiger partial charge in [0.1, 0.15) is 0 Å². The van der Waals surface area contributed by atoms with Crippen LogP contribution in [0.1, 0.15) is 155 Å². The first-order chi connectivity index (χ1) is 15.2. The fraction of sp³-hybridized carbons (Fsp3) is 1.00. The molecule has 0 fully saturated rings. The number of unbranched alkanes of at least 4 members (excludes halogenated alkanes) is 19. The summed E-state index contributed by atoms with van der Waals surface area (Å²) in [6.07, 6.45) is 31.7. The van der Waals surface area contributed by atoms with Crippen LogP contribution in [0.25, 0.3) is 0 Å². The van der Waals surface area contributed by atoms with Gasteiger partial charge in [0.15, 0.2) is 0 Å². The van der Waals surface area contributed by atoms with Crippen molar-refractivity contribution in [3.05, 3.63) is 0 Å². The van der Waals surface area contributed by atoms with Crippen molar-refractivity contribution in [3.63, 3.8) is 0 Å². The van der Waals surface area contributed by atoms with Crippen LogP contribution in [0.4, 0.5) is 0 Å². The van der Waals surface area contributed by atoms with Crippen LogP contribution in [0, 0.1) is 0 Å². The van der Waals surface area contributed by atoms with Crippen molar-refractivity contribution < 1.29 is 4.48 Å². The second-order valence-electron chi connectivity index (χ2n) is 10.6. The zero-order chi connectivity index (χ0) is 22.9. The fourth-order valence-corrected chi connectivity index (χ4v) is 5.28. The summed E-state index contributed by atoms with van der Waals surface area (Å²) in [7, 11) is 2.55. The largest absolute Gasteiger partial charge is 0.326 e. The molecule has 1 nitrogen and oxygen atoms in total. The van der Waals surface area contributed by atoms with Crippen LogP contribution in [0.2, 0.25) is 0 Å². The van der Waals surface area contributed by atoms with Crippen LogP contribution in [0.5, 0.6) is 0 Å². The van der Waals surface area contributed by atoms with Gasteiger partial charge in [0.2, 0.25) is 0 Å². The maximum absolute atomic E-state index is 3.63. The first-order valence-corrected chi connectivity index (χ1v) is 15.7. The van der Waals surface area contributed by atoms with Crippen LogP contribution >= 0.6 is 15.9 Å². The number of quaternary nitrogens is 1. The summed E-state index contributed by atoms with van der Waals surface area (Å²) in [4.78, 5) is 0. The molecule has 0 aromatic rings. The highest BCUT2D eigenvalue weighted by atomic mass is 79.9. The molecule has 0 saturated heterocycles. The van der Waals surface area contributed by atoms with E-state index in [1.165, 1.54) is 171 Å². The van der Waals surface area contributed by atoms with E-state index < -0.39 is 0 Å². The Bertz CT molecular complexity index is 307. The molecule has 0 aliphatic rings. The van der Waals surface area contributed by atoms with Gasteiger partial charge in [-0.15, -0.1) is 0 Å². The summed E-state index contributed by atoms with van der Waals surface area (Å²) < 4.78 is 1.33. The van der Waals surface area contributed by atoms with Crippen molar-refractivity contribution >= 4 is 15.9 Å². The number of hydrogen-bond acceptors (Lipinski definition) is 0. The molecule has 2 heteroatoms. The molecule has 0 atom stereocenters. The summed E-state index contributed by atoms with van der Waals surface area (Å²) in [6.45, 7) is 8.83. The molecule has 0 aromatic heterocycles. The zero-order valence-corrected chi connectivity index (χ0v) is 23.8. The Morgan fingerprint density at radius 3 is 0.935 bits per heavy atom. The van der Waals surface area contributed by atoms with Crippen LogP contribution in [0.3, 0.4) is 0 Å². The highest BCUT2D eigenvalue weighted by Gasteiger charge is 2.20. The Morgan fingerprint density at radius 1 is 0.387 bits per heavy atom. The summed E-state index contributed by atoms with van der Waals surface area (Å²) in [5, 5.41) is 1.17. The highest BCUT2D eigenvalue weighted by molar-refractivity contribution is 9.09. The molecular weight excluding hydrogens is 442 g/mol. The van der Waals surface area contributed by atoms with E-state index in [1.54, 1.807) is 0 Å². The van der Waals surface area contributed by atoms with Crippen molar-refractivity contribution in [2.75, 3.05) is 32.0 Å². The lowest BCUT2D eigenvalue weighted by Gasteiger charge is -2.35. The van der Waals surface area contributed by atoms with Crippen molar-refractivity contribution in [1.29, 1.82) is 0 Å². The fourth-order valence-electron chi connectivity index (χ4n) is 4.89. The predicted octanol–water partition coefficient (Wildman–Crippen LogP) is 10.4. The summed E-state index contributed by atoms with van der Waals surface area (Å²) in [5.74, 6) is 0. The highest BCUT2D eigenvalue weighted by Crippen LogP contribution is 2.16. The van der Waals surface area contributed by atoms with Gasteiger partial charge in [-0.05, 0) is 38.5 Å². The number of hydrogen-bond donors (Lipinski definition) is 0. The second kappa shape index (κ2) is 25.1. The van der Waals surface area contributed by atoms with Gasteiger partial charge in [-0.2, -0.15) is 0 Å². The van der Waals surface area contributed by atoms with Gasteiger partial charge in [0.25, 0.3) is 0 Å². The second-order valence-corrected chi connectivity index (χ2v) is 11.3. The SMILES string of the molecule is CCCCCCCCCCCC[N+](C)(CCCCBr)CCCCCCCCCCCC. The normalized spacial score (nSPS) is 12.0. The van der Waals surface area contributed by atoms with E-state index in [-0.39, 0.29) is 0 Å². The lowest BCUT2D eigenvalue weighted by Crippen LogP contribution is -2.46. The Kier molecular flexibility index (Phi) is 25.4. The first kappa shape index (κ1) is 31.4. The molecule has 0 saturated carbocycles. The Labute approximate surface area is 207 Å². The maximum Gasteiger partial charge on any atom is 0.0784 e.